The smallest absolute Gasteiger partial charge is 0.263 e. The molecule has 5 rings (SSSR count). The zero-order chi connectivity index (χ0) is 24.1. The van der Waals surface area contributed by atoms with Gasteiger partial charge in [0.05, 0.1) is 29.6 Å². The molecule has 0 saturated heterocycles. The Morgan fingerprint density at radius 3 is 2.50 bits per heavy atom. The van der Waals surface area contributed by atoms with Crippen molar-refractivity contribution >= 4 is 23.2 Å². The number of anilines is 1. The Kier molecular flexibility index (Phi) is 5.25. The summed E-state index contributed by atoms with van der Waals surface area (Å²) < 4.78 is 8.66. The Labute approximate surface area is 201 Å². The molecule has 34 heavy (non-hydrogen) atoms. The van der Waals surface area contributed by atoms with Crippen molar-refractivity contribution in [2.75, 3.05) is 12.0 Å². The van der Waals surface area contributed by atoms with Crippen LogP contribution < -0.4 is 15.2 Å². The lowest BCUT2D eigenvalue weighted by molar-refractivity contribution is 0.0993. The van der Waals surface area contributed by atoms with Crippen LogP contribution in [0.2, 0.25) is 5.02 Å². The molecule has 4 heterocycles. The number of fused-ring (bicyclic) bond motifs is 1. The summed E-state index contributed by atoms with van der Waals surface area (Å²) in [5.41, 5.74) is 4.25. The monoisotopic (exact) mass is 475 g/mol. The van der Waals surface area contributed by atoms with Gasteiger partial charge in [0.2, 0.25) is 5.88 Å². The number of aryl methyl sites for hydroxylation is 3. The third-order valence-corrected chi connectivity index (χ3v) is 6.32. The van der Waals surface area contributed by atoms with Crippen molar-refractivity contribution in [3.8, 4) is 17.1 Å². The molecule has 0 radical (unpaired) electrons. The quantitative estimate of drug-likeness (QED) is 0.447. The molecule has 1 atom stereocenters. The molecule has 0 bridgehead atoms. The number of amides is 1. The number of rotatable bonds is 4. The molecule has 0 saturated carbocycles. The summed E-state index contributed by atoms with van der Waals surface area (Å²) in [5, 5.41) is 5.30. The highest BCUT2D eigenvalue weighted by Gasteiger charge is 2.45. The first kappa shape index (κ1) is 21.9. The topological polar surface area (TPSA) is 82.2 Å². The second-order valence-corrected chi connectivity index (χ2v) is 8.66. The van der Waals surface area contributed by atoms with Gasteiger partial charge < -0.3 is 9.30 Å². The molecular weight excluding hydrogens is 454 g/mol. The summed E-state index contributed by atoms with van der Waals surface area (Å²) in [5.74, 6) is 0.164. The maximum Gasteiger partial charge on any atom is 0.263 e. The lowest BCUT2D eigenvalue weighted by Gasteiger charge is -2.27. The standard InChI is InChI=1S/C25H22ClN5O3/c1-14-12-17(13-29(2)24(14)32)31-21(15-7-9-16(26)10-8-15)22-19(25(31)33)20(28-30(22)3)18-6-5-11-27-23(18)34-4/h5-13,21H,1-4H3/t21-/m1/s1. The van der Waals surface area contributed by atoms with Crippen molar-refractivity contribution in [3.05, 3.63) is 92.6 Å². The van der Waals surface area contributed by atoms with E-state index in [2.05, 4.69) is 4.98 Å². The molecule has 3 aromatic heterocycles. The largest absolute Gasteiger partial charge is 0.481 e. The summed E-state index contributed by atoms with van der Waals surface area (Å²) in [6, 6.07) is 12.3. The van der Waals surface area contributed by atoms with Crippen molar-refractivity contribution < 1.29 is 9.53 Å². The predicted molar refractivity (Wildman–Crippen MR) is 130 cm³/mol. The molecule has 4 aromatic rings. The number of methoxy groups -OCH3 is 1. The summed E-state index contributed by atoms with van der Waals surface area (Å²) in [4.78, 5) is 32.4. The van der Waals surface area contributed by atoms with Crippen LogP contribution in [0, 0.1) is 6.92 Å². The summed E-state index contributed by atoms with van der Waals surface area (Å²) in [7, 11) is 5.03. The molecule has 8 nitrogen and oxygen atoms in total. The van der Waals surface area contributed by atoms with Crippen LogP contribution >= 0.6 is 11.6 Å². The Morgan fingerprint density at radius 2 is 1.82 bits per heavy atom. The highest BCUT2D eigenvalue weighted by atomic mass is 35.5. The maximum atomic E-state index is 14.1. The van der Waals surface area contributed by atoms with E-state index in [4.69, 9.17) is 21.4 Å². The van der Waals surface area contributed by atoms with E-state index in [1.807, 2.05) is 25.2 Å². The molecule has 9 heteroatoms. The van der Waals surface area contributed by atoms with Gasteiger partial charge >= 0.3 is 0 Å². The lowest BCUT2D eigenvalue weighted by Crippen LogP contribution is -2.32. The second kappa shape index (κ2) is 8.14. The number of hydrogen-bond acceptors (Lipinski definition) is 5. The van der Waals surface area contributed by atoms with Crippen LogP contribution in [0.1, 0.15) is 33.2 Å². The van der Waals surface area contributed by atoms with Gasteiger partial charge in [-0.25, -0.2) is 4.98 Å². The molecule has 1 aromatic carbocycles. The van der Waals surface area contributed by atoms with Gasteiger partial charge in [-0.2, -0.15) is 5.10 Å². The fraction of sp³-hybridized carbons (Fsp3) is 0.200. The van der Waals surface area contributed by atoms with E-state index >= 15 is 0 Å². The second-order valence-electron chi connectivity index (χ2n) is 8.22. The van der Waals surface area contributed by atoms with Crippen molar-refractivity contribution in [3.63, 3.8) is 0 Å². The fourth-order valence-electron chi connectivity index (χ4n) is 4.55. The fourth-order valence-corrected chi connectivity index (χ4v) is 4.68. The van der Waals surface area contributed by atoms with Crippen LogP contribution in [-0.2, 0) is 14.1 Å². The highest BCUT2D eigenvalue weighted by molar-refractivity contribution is 6.30. The number of ether oxygens (including phenoxy) is 1. The molecule has 0 N–H and O–H groups in total. The molecule has 0 unspecified atom stereocenters. The normalized spacial score (nSPS) is 15.0. The molecule has 0 aliphatic carbocycles. The third-order valence-electron chi connectivity index (χ3n) is 6.07. The number of carbonyl (C=O) groups is 1. The number of aromatic nitrogens is 4. The minimum atomic E-state index is -0.467. The number of halogens is 1. The average molecular weight is 476 g/mol. The number of carbonyl (C=O) groups excluding carboxylic acids is 1. The maximum absolute atomic E-state index is 14.1. The van der Waals surface area contributed by atoms with Gasteiger partial charge in [0.15, 0.2) is 0 Å². The van der Waals surface area contributed by atoms with Crippen LogP contribution in [0.3, 0.4) is 0 Å². The molecule has 172 valence electrons. The number of nitrogens with zero attached hydrogens (tertiary/aromatic N) is 5. The van der Waals surface area contributed by atoms with Gasteiger partial charge in [-0.1, -0.05) is 23.7 Å². The minimum absolute atomic E-state index is 0.113. The van der Waals surface area contributed by atoms with E-state index < -0.39 is 6.04 Å². The Morgan fingerprint density at radius 1 is 1.09 bits per heavy atom. The van der Waals surface area contributed by atoms with Crippen LogP contribution in [0.25, 0.3) is 11.3 Å². The van der Waals surface area contributed by atoms with Crippen LogP contribution in [0.15, 0.2) is 59.7 Å². The molecule has 0 fully saturated rings. The van der Waals surface area contributed by atoms with Crippen molar-refractivity contribution in [2.45, 2.75) is 13.0 Å². The van der Waals surface area contributed by atoms with E-state index in [0.717, 1.165) is 11.3 Å². The van der Waals surface area contributed by atoms with E-state index in [1.165, 1.54) is 11.7 Å². The van der Waals surface area contributed by atoms with Gasteiger partial charge in [-0.3, -0.25) is 19.2 Å². The van der Waals surface area contributed by atoms with Crippen LogP contribution in [0.5, 0.6) is 5.88 Å². The van der Waals surface area contributed by atoms with E-state index in [0.29, 0.717) is 39.0 Å². The van der Waals surface area contributed by atoms with E-state index in [-0.39, 0.29) is 11.5 Å². The first-order chi connectivity index (χ1) is 16.3. The van der Waals surface area contributed by atoms with Crippen molar-refractivity contribution in [2.24, 2.45) is 14.1 Å². The van der Waals surface area contributed by atoms with Crippen LogP contribution in [-0.4, -0.2) is 32.3 Å². The molecule has 1 aliphatic rings. The number of benzene rings is 1. The first-order valence-corrected chi connectivity index (χ1v) is 11.0. The van der Waals surface area contributed by atoms with Crippen LogP contribution in [0.4, 0.5) is 5.69 Å². The lowest BCUT2D eigenvalue weighted by atomic mass is 10.0. The summed E-state index contributed by atoms with van der Waals surface area (Å²) in [6.07, 6.45) is 3.31. The highest BCUT2D eigenvalue weighted by Crippen LogP contribution is 2.45. The summed E-state index contributed by atoms with van der Waals surface area (Å²) in [6.45, 7) is 1.74. The SMILES string of the molecule is COc1ncccc1-c1nn(C)c2c1C(=O)N(c1cc(C)c(=O)n(C)c1)[C@@H]2c1ccc(Cl)cc1. The predicted octanol–water partition coefficient (Wildman–Crippen LogP) is 3.90. The van der Waals surface area contributed by atoms with Gasteiger partial charge in [0.25, 0.3) is 11.5 Å². The van der Waals surface area contributed by atoms with Crippen molar-refractivity contribution in [1.82, 2.24) is 19.3 Å². The molecule has 1 aliphatic heterocycles. The Balaban J connectivity index is 1.78. The minimum Gasteiger partial charge on any atom is -0.481 e. The molecular formula is C25H22ClN5O3. The van der Waals surface area contributed by atoms with Gasteiger partial charge in [-0.05, 0) is 42.8 Å². The third kappa shape index (κ3) is 3.30. The molecule has 0 spiro atoms. The summed E-state index contributed by atoms with van der Waals surface area (Å²) >= 11 is 6.15. The van der Waals surface area contributed by atoms with Gasteiger partial charge in [0, 0.05) is 37.1 Å². The van der Waals surface area contributed by atoms with Gasteiger partial charge in [0.1, 0.15) is 11.7 Å². The van der Waals surface area contributed by atoms with E-state index in [1.54, 1.807) is 60.2 Å². The zero-order valence-electron chi connectivity index (χ0n) is 19.1. The Bertz CT molecular complexity index is 1460. The number of pyridine rings is 2. The number of hydrogen-bond donors (Lipinski definition) is 0. The average Bonchev–Trinajstić information content (AvgIpc) is 3.32. The molecule has 1 amide bonds. The van der Waals surface area contributed by atoms with Gasteiger partial charge in [-0.15, -0.1) is 0 Å². The Hall–Kier alpha value is -3.91. The van der Waals surface area contributed by atoms with Crippen molar-refractivity contribution in [1.29, 1.82) is 0 Å². The van der Waals surface area contributed by atoms with E-state index in [9.17, 15) is 9.59 Å². The first-order valence-electron chi connectivity index (χ1n) is 10.6. The zero-order valence-corrected chi connectivity index (χ0v) is 19.9.